The number of nitrogens with zero attached hydrogens (tertiary/aromatic N) is 6. The molecule has 0 spiro atoms. The molecule has 0 saturated carbocycles. The summed E-state index contributed by atoms with van der Waals surface area (Å²) in [6, 6.07) is 8.81. The van der Waals surface area contributed by atoms with Crippen molar-refractivity contribution < 1.29 is 43.4 Å². The van der Waals surface area contributed by atoms with E-state index in [9.17, 15) is 29.7 Å². The summed E-state index contributed by atoms with van der Waals surface area (Å²) in [4.78, 5) is 40.7. The number of imidazole rings is 3. The number of hydrogen-bond acceptors (Lipinski definition) is 9. The number of rotatable bonds is 9. The molecule has 15 nitrogen and oxygen atoms in total. The van der Waals surface area contributed by atoms with Crippen LogP contribution in [-0.4, -0.2) is 32.9 Å². The number of aromatic amines is 3. The Kier molecular flexibility index (Phi) is 17.0. The number of nitrogens with one attached hydrogen (secondary N) is 3. The van der Waals surface area contributed by atoms with Crippen LogP contribution in [0.3, 0.4) is 0 Å². The molecule has 3 heterocycles. The van der Waals surface area contributed by atoms with E-state index in [1.54, 1.807) is 0 Å². The second-order valence-electron chi connectivity index (χ2n) is 11.3. The molecule has 3 N–H and O–H groups in total. The van der Waals surface area contributed by atoms with Crippen molar-refractivity contribution in [2.75, 3.05) is 0 Å². The zero-order valence-corrected chi connectivity index (χ0v) is 30.5. The lowest BCUT2D eigenvalue weighted by atomic mass is 10.0. The summed E-state index contributed by atoms with van der Waals surface area (Å²) in [6.45, 7) is 17.9. The van der Waals surface area contributed by atoms with Gasteiger partial charge in [-0.15, -0.1) is 0 Å². The van der Waals surface area contributed by atoms with E-state index in [-0.39, 0.29) is 18.1 Å². The fourth-order valence-corrected chi connectivity index (χ4v) is 5.25. The Bertz CT molecular complexity index is 1780. The lowest BCUT2D eigenvalue weighted by molar-refractivity contribution is -0.718. The Morgan fingerprint density at radius 1 is 0.608 bits per heavy atom. The first-order chi connectivity index (χ1) is 24.0. The van der Waals surface area contributed by atoms with Crippen LogP contribution in [0.25, 0.3) is 0 Å². The maximum absolute atomic E-state index is 10.5. The van der Waals surface area contributed by atoms with Gasteiger partial charge >= 0.3 is 0 Å². The topological polar surface area (TPSA) is 251 Å². The number of carboxylic acids is 3. The summed E-state index contributed by atoms with van der Waals surface area (Å²) in [6.07, 6.45) is 8.60. The molecule has 0 bridgehead atoms. The second-order valence-corrected chi connectivity index (χ2v) is 11.3. The lowest BCUT2D eigenvalue weighted by Gasteiger charge is -2.13. The molecule has 0 amide bonds. The van der Waals surface area contributed by atoms with Crippen LogP contribution in [0.4, 0.5) is 0 Å². The molecule has 3 aromatic heterocycles. The van der Waals surface area contributed by atoms with Crippen molar-refractivity contribution in [1.29, 1.82) is 15.8 Å². The van der Waals surface area contributed by atoms with Crippen LogP contribution in [-0.2, 0) is 19.3 Å². The standard InChI is InChI=1S/3C9H13N3.C9H6O6/c3*1-4-9-11-6-8(3)12(9)7(2)5-10;10-7(11)4-1-2-5(8(12)13)6(3-4)9(14)15/h3*6-7H,4H2,1-3H3;1-3H,(H,10,11)(H,12,13)(H,14,15). The molecule has 0 saturated heterocycles. The predicted molar refractivity (Wildman–Crippen MR) is 176 cm³/mol. The van der Waals surface area contributed by atoms with E-state index in [4.69, 9.17) is 15.8 Å². The highest BCUT2D eigenvalue weighted by atomic mass is 16.4. The molecule has 0 fully saturated rings. The van der Waals surface area contributed by atoms with Crippen LogP contribution in [0.15, 0.2) is 36.8 Å². The number of hydrogen-bond donors (Lipinski definition) is 3. The van der Waals surface area contributed by atoms with Gasteiger partial charge in [0.1, 0.15) is 53.9 Å². The number of aromatic carboxylic acids is 3. The lowest BCUT2D eigenvalue weighted by Crippen LogP contribution is -2.41. The largest absolute Gasteiger partial charge is 0.545 e. The number of nitriles is 3. The predicted octanol–water partition coefficient (Wildman–Crippen LogP) is 0.550. The third-order valence-corrected chi connectivity index (χ3v) is 7.78. The monoisotopic (exact) mass is 699 g/mol. The Morgan fingerprint density at radius 3 is 1.16 bits per heavy atom. The minimum absolute atomic E-state index is 0.0776. The smallest absolute Gasteiger partial charge is 0.255 e. The van der Waals surface area contributed by atoms with E-state index in [2.05, 4.69) is 53.9 Å². The molecule has 3 atom stereocenters. The van der Waals surface area contributed by atoms with Crippen molar-refractivity contribution in [3.63, 3.8) is 0 Å². The van der Waals surface area contributed by atoms with Gasteiger partial charge in [-0.3, -0.25) is 0 Å². The highest BCUT2D eigenvalue weighted by Gasteiger charge is 2.20. The van der Waals surface area contributed by atoms with Crippen molar-refractivity contribution in [1.82, 2.24) is 15.0 Å². The van der Waals surface area contributed by atoms with E-state index in [0.29, 0.717) is 6.07 Å². The van der Waals surface area contributed by atoms with E-state index in [0.717, 1.165) is 66.0 Å². The van der Waals surface area contributed by atoms with Gasteiger partial charge in [0.25, 0.3) is 17.5 Å². The van der Waals surface area contributed by atoms with Gasteiger partial charge in [-0.2, -0.15) is 15.8 Å². The number of carboxylic acid groups (broad SMARTS) is 3. The Morgan fingerprint density at radius 2 is 0.922 bits per heavy atom. The molecule has 4 rings (SSSR count). The van der Waals surface area contributed by atoms with Crippen molar-refractivity contribution in [3.05, 3.63) is 88.0 Å². The number of aromatic nitrogens is 6. The van der Waals surface area contributed by atoms with Crippen LogP contribution in [0, 0.1) is 54.8 Å². The summed E-state index contributed by atoms with van der Waals surface area (Å²) in [7, 11) is 0. The Hall–Kier alpha value is -6.27. The first kappa shape index (κ1) is 42.8. The van der Waals surface area contributed by atoms with Gasteiger partial charge < -0.3 is 29.7 Å². The zero-order chi connectivity index (χ0) is 39.0. The average molecular weight is 700 g/mol. The molecule has 0 aliphatic rings. The van der Waals surface area contributed by atoms with Crippen LogP contribution in [0.2, 0.25) is 0 Å². The maximum atomic E-state index is 10.5. The Labute approximate surface area is 297 Å². The fourth-order valence-electron chi connectivity index (χ4n) is 5.25. The number of H-pyrrole nitrogens is 3. The number of aryl methyl sites for hydroxylation is 6. The van der Waals surface area contributed by atoms with Crippen LogP contribution in [0.1, 0.15) is 125 Å². The van der Waals surface area contributed by atoms with E-state index >= 15 is 0 Å². The van der Waals surface area contributed by atoms with Crippen molar-refractivity contribution in [2.45, 2.75) is 99.7 Å². The molecule has 0 aliphatic carbocycles. The molecule has 270 valence electrons. The summed E-state index contributed by atoms with van der Waals surface area (Å²) in [5.41, 5.74) is 1.50. The zero-order valence-electron chi connectivity index (χ0n) is 30.5. The highest BCUT2D eigenvalue weighted by molar-refractivity contribution is 6.02. The Balaban J connectivity index is 0.000000342. The molecular weight excluding hydrogens is 654 g/mol. The van der Waals surface area contributed by atoms with Gasteiger partial charge in [-0.05, 0) is 32.4 Å². The molecule has 0 aliphatic heterocycles. The molecule has 0 radical (unpaired) electrons. The van der Waals surface area contributed by atoms with Crippen molar-refractivity contribution in [2.24, 2.45) is 0 Å². The van der Waals surface area contributed by atoms with Crippen LogP contribution >= 0.6 is 0 Å². The molecule has 4 aromatic rings. The van der Waals surface area contributed by atoms with Gasteiger partial charge in [0, 0.05) is 51.2 Å². The molecule has 1 aromatic carbocycles. The minimum Gasteiger partial charge on any atom is -0.545 e. The van der Waals surface area contributed by atoms with E-state index < -0.39 is 34.6 Å². The number of carbonyl (C=O) groups excluding carboxylic acids is 3. The third kappa shape index (κ3) is 11.4. The number of benzene rings is 1. The van der Waals surface area contributed by atoms with Gasteiger partial charge in [0.05, 0.1) is 17.9 Å². The first-order valence-electron chi connectivity index (χ1n) is 16.3. The van der Waals surface area contributed by atoms with Gasteiger partial charge in [-0.1, -0.05) is 32.9 Å². The second kappa shape index (κ2) is 20.3. The number of carbonyl (C=O) groups is 3. The van der Waals surface area contributed by atoms with E-state index in [1.165, 1.54) is 0 Å². The van der Waals surface area contributed by atoms with Crippen LogP contribution < -0.4 is 29.0 Å². The SMILES string of the molecule is CCc1[nH]cc(C)[n+]1C(C)C#N.CCc1[nH]cc(C)[n+]1C(C)C#N.CCc1[nH]cc(C)[n+]1C(C)C#N.O=C([O-])c1ccc(C(=O)[O-])c(C(=O)[O-])c1. The van der Waals surface area contributed by atoms with Crippen molar-refractivity contribution in [3.8, 4) is 18.2 Å². The summed E-state index contributed by atoms with van der Waals surface area (Å²) in [5.74, 6) is -1.79. The minimum atomic E-state index is -1.79. The molecule has 15 heteroatoms. The summed E-state index contributed by atoms with van der Waals surface area (Å²) in [5, 5.41) is 57.6. The highest BCUT2D eigenvalue weighted by Crippen LogP contribution is 2.10. The van der Waals surface area contributed by atoms with Gasteiger partial charge in [-0.25, -0.2) is 28.7 Å². The average Bonchev–Trinajstić information content (AvgIpc) is 3.82. The summed E-state index contributed by atoms with van der Waals surface area (Å²) >= 11 is 0. The first-order valence-corrected chi connectivity index (χ1v) is 16.3. The fraction of sp³-hybridized carbons (Fsp3) is 0.417. The maximum Gasteiger partial charge on any atom is 0.255 e. The normalized spacial score (nSPS) is 11.6. The quantitative estimate of drug-likeness (QED) is 0.206. The summed E-state index contributed by atoms with van der Waals surface area (Å²) < 4.78 is 6.08. The molecular formula is C36H45N9O6. The molecule has 3 unspecified atom stereocenters. The van der Waals surface area contributed by atoms with E-state index in [1.807, 2.05) is 73.8 Å². The van der Waals surface area contributed by atoms with Crippen molar-refractivity contribution >= 4 is 17.9 Å². The third-order valence-electron chi connectivity index (χ3n) is 7.78. The van der Waals surface area contributed by atoms with Crippen LogP contribution in [0.5, 0.6) is 0 Å². The van der Waals surface area contributed by atoms with Gasteiger partial charge in [0.15, 0.2) is 18.1 Å². The van der Waals surface area contributed by atoms with Gasteiger partial charge in [0.2, 0.25) is 0 Å². The molecule has 51 heavy (non-hydrogen) atoms.